The van der Waals surface area contributed by atoms with E-state index in [0.29, 0.717) is 12.4 Å². The summed E-state index contributed by atoms with van der Waals surface area (Å²) in [4.78, 5) is 11.6. The summed E-state index contributed by atoms with van der Waals surface area (Å²) in [6.07, 6.45) is 1.57. The van der Waals surface area contributed by atoms with Crippen molar-refractivity contribution in [1.82, 2.24) is 0 Å². The van der Waals surface area contributed by atoms with Gasteiger partial charge < -0.3 is 15.2 Å². The van der Waals surface area contributed by atoms with Crippen LogP contribution in [0.1, 0.15) is 12.5 Å². The zero-order valence-electron chi connectivity index (χ0n) is 11.6. The number of esters is 1. The summed E-state index contributed by atoms with van der Waals surface area (Å²) in [5, 5.41) is 2.12. The average Bonchev–Trinajstić information content (AvgIpc) is 2.46. The van der Waals surface area contributed by atoms with Crippen LogP contribution in [0.5, 0.6) is 5.75 Å². The Morgan fingerprint density at radius 3 is 2.50 bits per heavy atom. The van der Waals surface area contributed by atoms with Gasteiger partial charge in [-0.1, -0.05) is 24.3 Å². The number of carbonyl (C=O) groups excluding carboxylic acids is 1. The molecule has 104 valence electrons. The van der Waals surface area contributed by atoms with Gasteiger partial charge in [-0.25, -0.2) is 4.79 Å². The molecule has 0 radical (unpaired) electrons. The van der Waals surface area contributed by atoms with E-state index in [1.165, 1.54) is 0 Å². The van der Waals surface area contributed by atoms with E-state index in [2.05, 4.69) is 0 Å². The molecule has 0 atom stereocenters. The van der Waals surface area contributed by atoms with Crippen molar-refractivity contribution >= 4 is 22.8 Å². The van der Waals surface area contributed by atoms with Crippen molar-refractivity contribution in [2.75, 3.05) is 13.7 Å². The van der Waals surface area contributed by atoms with Gasteiger partial charge in [0, 0.05) is 5.56 Å². The van der Waals surface area contributed by atoms with Gasteiger partial charge in [-0.05, 0) is 35.9 Å². The lowest BCUT2D eigenvalue weighted by Crippen LogP contribution is -2.14. The zero-order valence-corrected chi connectivity index (χ0v) is 11.6. The number of carbonyl (C=O) groups is 1. The lowest BCUT2D eigenvalue weighted by Gasteiger charge is -2.08. The summed E-state index contributed by atoms with van der Waals surface area (Å²) in [6, 6.07) is 11.8. The molecule has 0 spiro atoms. The van der Waals surface area contributed by atoms with Crippen molar-refractivity contribution < 1.29 is 14.3 Å². The summed E-state index contributed by atoms with van der Waals surface area (Å²) < 4.78 is 10.2. The topological polar surface area (TPSA) is 61.5 Å². The normalized spacial score (nSPS) is 11.4. The Kier molecular flexibility index (Phi) is 4.25. The summed E-state index contributed by atoms with van der Waals surface area (Å²) in [7, 11) is 1.59. The number of hydrogen-bond acceptors (Lipinski definition) is 4. The van der Waals surface area contributed by atoms with Gasteiger partial charge in [0.1, 0.15) is 11.4 Å². The molecular weight excluding hydrogens is 254 g/mol. The molecule has 4 heteroatoms. The van der Waals surface area contributed by atoms with Gasteiger partial charge in [-0.2, -0.15) is 0 Å². The van der Waals surface area contributed by atoms with Crippen LogP contribution >= 0.6 is 0 Å². The minimum atomic E-state index is -0.525. The monoisotopic (exact) mass is 271 g/mol. The van der Waals surface area contributed by atoms with Crippen LogP contribution in [0, 0.1) is 0 Å². The lowest BCUT2D eigenvalue weighted by atomic mass is 10.0. The molecule has 0 saturated carbocycles. The zero-order chi connectivity index (χ0) is 14.5. The number of methoxy groups -OCH3 is 1. The van der Waals surface area contributed by atoms with Gasteiger partial charge in [-0.3, -0.25) is 0 Å². The maximum atomic E-state index is 11.6. The molecule has 2 N–H and O–H groups in total. The lowest BCUT2D eigenvalue weighted by molar-refractivity contribution is -0.138. The average molecular weight is 271 g/mol. The Bertz CT molecular complexity index is 662. The molecular formula is C16H17NO3. The molecule has 0 amide bonds. The van der Waals surface area contributed by atoms with Crippen LogP contribution in [-0.2, 0) is 9.53 Å². The third-order valence-electron chi connectivity index (χ3n) is 2.92. The van der Waals surface area contributed by atoms with E-state index in [9.17, 15) is 4.79 Å². The first-order valence-corrected chi connectivity index (χ1v) is 6.36. The second-order valence-electron chi connectivity index (χ2n) is 4.26. The Morgan fingerprint density at radius 2 is 1.90 bits per heavy atom. The van der Waals surface area contributed by atoms with Crippen molar-refractivity contribution in [3.05, 3.63) is 47.7 Å². The van der Waals surface area contributed by atoms with Crippen molar-refractivity contribution in [3.8, 4) is 5.75 Å². The number of benzene rings is 2. The summed E-state index contributed by atoms with van der Waals surface area (Å²) in [6.45, 7) is 2.03. The molecule has 0 aromatic heterocycles. The highest BCUT2D eigenvalue weighted by molar-refractivity contribution is 5.95. The second-order valence-corrected chi connectivity index (χ2v) is 4.26. The molecule has 0 aliphatic carbocycles. The number of rotatable bonds is 4. The summed E-state index contributed by atoms with van der Waals surface area (Å²) >= 11 is 0. The van der Waals surface area contributed by atoms with Crippen molar-refractivity contribution in [3.63, 3.8) is 0 Å². The van der Waals surface area contributed by atoms with Gasteiger partial charge >= 0.3 is 5.97 Å². The maximum Gasteiger partial charge on any atom is 0.354 e. The van der Waals surface area contributed by atoms with E-state index in [-0.39, 0.29) is 5.70 Å². The van der Waals surface area contributed by atoms with Gasteiger partial charge in [-0.15, -0.1) is 0 Å². The highest BCUT2D eigenvalue weighted by atomic mass is 16.5. The predicted molar refractivity (Wildman–Crippen MR) is 79.3 cm³/mol. The third kappa shape index (κ3) is 2.91. The molecule has 0 aliphatic rings. The standard InChI is InChI=1S/C16H17NO3/c1-3-20-16(18)14(17)9-13-8-11-6-4-5-7-12(11)10-15(13)19-2/h4-10H,3,17H2,1-2H3/b14-9-. The first-order chi connectivity index (χ1) is 9.65. The van der Waals surface area contributed by atoms with Crippen LogP contribution in [0.4, 0.5) is 0 Å². The predicted octanol–water partition coefficient (Wildman–Crippen LogP) is 2.71. The van der Waals surface area contributed by atoms with Gasteiger partial charge in [0.15, 0.2) is 0 Å². The van der Waals surface area contributed by atoms with Crippen LogP contribution in [0.2, 0.25) is 0 Å². The van der Waals surface area contributed by atoms with Crippen molar-refractivity contribution in [2.24, 2.45) is 5.73 Å². The SMILES string of the molecule is CCOC(=O)/C(N)=C/c1cc2ccccc2cc1OC. The fourth-order valence-electron chi connectivity index (χ4n) is 1.97. The summed E-state index contributed by atoms with van der Waals surface area (Å²) in [5.41, 5.74) is 6.54. The first kappa shape index (κ1) is 13.9. The van der Waals surface area contributed by atoms with E-state index in [1.807, 2.05) is 36.4 Å². The van der Waals surface area contributed by atoms with Gasteiger partial charge in [0.2, 0.25) is 0 Å². The Balaban J connectivity index is 2.47. The van der Waals surface area contributed by atoms with E-state index in [0.717, 1.165) is 16.3 Å². The van der Waals surface area contributed by atoms with Crippen molar-refractivity contribution in [1.29, 1.82) is 0 Å². The molecule has 0 aliphatic heterocycles. The smallest absolute Gasteiger partial charge is 0.354 e. The highest BCUT2D eigenvalue weighted by Crippen LogP contribution is 2.27. The molecule has 4 nitrogen and oxygen atoms in total. The molecule has 0 bridgehead atoms. The molecule has 0 saturated heterocycles. The number of ether oxygens (including phenoxy) is 2. The van der Waals surface area contributed by atoms with Crippen LogP contribution in [0.15, 0.2) is 42.1 Å². The molecule has 2 rings (SSSR count). The molecule has 2 aromatic carbocycles. The summed E-state index contributed by atoms with van der Waals surface area (Å²) in [5.74, 6) is 0.138. The van der Waals surface area contributed by atoms with Gasteiger partial charge in [0.25, 0.3) is 0 Å². The maximum absolute atomic E-state index is 11.6. The number of hydrogen-bond donors (Lipinski definition) is 1. The largest absolute Gasteiger partial charge is 0.496 e. The molecule has 0 heterocycles. The van der Waals surface area contributed by atoms with E-state index in [4.69, 9.17) is 15.2 Å². The van der Waals surface area contributed by atoms with Crippen LogP contribution < -0.4 is 10.5 Å². The third-order valence-corrected chi connectivity index (χ3v) is 2.92. The first-order valence-electron chi connectivity index (χ1n) is 6.36. The molecule has 0 fully saturated rings. The van der Waals surface area contributed by atoms with Crippen molar-refractivity contribution in [2.45, 2.75) is 6.92 Å². The number of fused-ring (bicyclic) bond motifs is 1. The highest BCUT2D eigenvalue weighted by Gasteiger charge is 2.09. The molecule has 20 heavy (non-hydrogen) atoms. The minimum Gasteiger partial charge on any atom is -0.496 e. The number of nitrogens with two attached hydrogens (primary N) is 1. The van der Waals surface area contributed by atoms with Crippen LogP contribution in [0.3, 0.4) is 0 Å². The Morgan fingerprint density at radius 1 is 1.25 bits per heavy atom. The Hall–Kier alpha value is -2.49. The van der Waals surface area contributed by atoms with Crippen LogP contribution in [0.25, 0.3) is 16.8 Å². The fourth-order valence-corrected chi connectivity index (χ4v) is 1.97. The minimum absolute atomic E-state index is 0.0560. The van der Waals surface area contributed by atoms with Crippen LogP contribution in [-0.4, -0.2) is 19.7 Å². The Labute approximate surface area is 117 Å². The molecule has 0 unspecified atom stereocenters. The van der Waals surface area contributed by atoms with E-state index < -0.39 is 5.97 Å². The quantitative estimate of drug-likeness (QED) is 0.686. The molecule has 2 aromatic rings. The van der Waals surface area contributed by atoms with E-state index >= 15 is 0 Å². The second kappa shape index (κ2) is 6.10. The van der Waals surface area contributed by atoms with E-state index in [1.54, 1.807) is 20.1 Å². The fraction of sp³-hybridized carbons (Fsp3) is 0.188. The van der Waals surface area contributed by atoms with Gasteiger partial charge in [0.05, 0.1) is 13.7 Å².